The van der Waals surface area contributed by atoms with E-state index in [2.05, 4.69) is 72.0 Å². The van der Waals surface area contributed by atoms with Gasteiger partial charge in [0.2, 0.25) is 0 Å². The molecule has 9 nitrogen and oxygen atoms in total. The molecule has 2 aliphatic heterocycles. The number of rotatable bonds is 6. The molecule has 0 fully saturated rings. The molecule has 9 heteroatoms. The van der Waals surface area contributed by atoms with Gasteiger partial charge in [-0.3, -0.25) is 4.79 Å². The van der Waals surface area contributed by atoms with Crippen molar-refractivity contribution in [3.8, 4) is 11.4 Å². The third-order valence-corrected chi connectivity index (χ3v) is 10.7. The van der Waals surface area contributed by atoms with Crippen LogP contribution in [0, 0.1) is 0 Å². The number of aliphatic hydroxyl groups is 3. The Morgan fingerprint density at radius 3 is 2.25 bits per heavy atom. The van der Waals surface area contributed by atoms with Crippen molar-refractivity contribution in [2.75, 3.05) is 13.2 Å². The number of carbonyl (C=O) groups excluding carboxylic acids is 1. The first-order chi connectivity index (χ1) is 25.2. The van der Waals surface area contributed by atoms with Crippen molar-refractivity contribution < 1.29 is 24.9 Å². The average Bonchev–Trinajstić information content (AvgIpc) is 3.55. The second kappa shape index (κ2) is 13.0. The van der Waals surface area contributed by atoms with Gasteiger partial charge < -0.3 is 29.9 Å². The van der Waals surface area contributed by atoms with E-state index < -0.39 is 17.1 Å². The van der Waals surface area contributed by atoms with E-state index in [1.54, 1.807) is 17.6 Å². The summed E-state index contributed by atoms with van der Waals surface area (Å²) in [6.07, 6.45) is 0.139. The number of para-hydroxylation sites is 1. The maximum atomic E-state index is 13.0. The normalized spacial score (nSPS) is 16.4. The minimum Gasteiger partial charge on any atom is -0.458 e. The minimum absolute atomic E-state index is 0.110. The largest absolute Gasteiger partial charge is 0.458 e. The van der Waals surface area contributed by atoms with Crippen molar-refractivity contribution in [1.82, 2.24) is 14.9 Å². The first-order valence-electron chi connectivity index (χ1n) is 17.5. The molecule has 4 heterocycles. The second-order valence-electron chi connectivity index (χ2n) is 14.0. The Morgan fingerprint density at radius 2 is 1.50 bits per heavy atom. The fourth-order valence-electron chi connectivity index (χ4n) is 7.48. The molecule has 4 N–H and O–H groups in total. The number of hydrogen-bond donors (Lipinski definition) is 4. The summed E-state index contributed by atoms with van der Waals surface area (Å²) >= 11 is 0. The zero-order chi connectivity index (χ0) is 36.2. The molecule has 0 saturated carbocycles. The van der Waals surface area contributed by atoms with Crippen molar-refractivity contribution in [3.63, 3.8) is 0 Å². The maximum absolute atomic E-state index is 13.0. The molecule has 0 unspecified atom stereocenters. The van der Waals surface area contributed by atoms with Crippen molar-refractivity contribution in [2.24, 2.45) is 0 Å². The second-order valence-corrected chi connectivity index (χ2v) is 14.0. The number of hydrogen-bond acceptors (Lipinski definition) is 8. The number of fused-ring (bicyclic) bond motifs is 10. The van der Waals surface area contributed by atoms with Gasteiger partial charge in [0.1, 0.15) is 6.61 Å². The molecule has 52 heavy (non-hydrogen) atoms. The topological polar surface area (TPSA) is 134 Å². The molecule has 0 bridgehead atoms. The highest BCUT2D eigenvalue weighted by Crippen LogP contribution is 2.39. The number of aromatic nitrogens is 2. The van der Waals surface area contributed by atoms with Gasteiger partial charge in [-0.05, 0) is 75.5 Å². The van der Waals surface area contributed by atoms with Crippen LogP contribution in [0.4, 0.5) is 0 Å². The smallest absolute Gasteiger partial charge is 0.343 e. The molecule has 0 saturated heterocycles. The van der Waals surface area contributed by atoms with E-state index in [0.29, 0.717) is 29.9 Å². The van der Waals surface area contributed by atoms with E-state index in [4.69, 9.17) is 9.72 Å². The molecule has 0 spiro atoms. The number of nitrogens with one attached hydrogen (secondary N) is 1. The summed E-state index contributed by atoms with van der Waals surface area (Å²) < 4.78 is 6.72. The van der Waals surface area contributed by atoms with E-state index in [1.165, 1.54) is 32.3 Å². The number of ether oxygens (including phenoxy) is 1. The maximum Gasteiger partial charge on any atom is 0.343 e. The molecule has 0 amide bonds. The molecular formula is C43H39N3O6. The van der Waals surface area contributed by atoms with Crippen LogP contribution in [0.3, 0.4) is 0 Å². The molecule has 0 aliphatic carbocycles. The third kappa shape index (κ3) is 5.45. The monoisotopic (exact) mass is 693 g/mol. The van der Waals surface area contributed by atoms with Crippen LogP contribution < -0.4 is 10.9 Å². The van der Waals surface area contributed by atoms with E-state index >= 15 is 0 Å². The summed E-state index contributed by atoms with van der Waals surface area (Å²) in [7, 11) is 0. The van der Waals surface area contributed by atoms with Gasteiger partial charge in [-0.1, -0.05) is 85.8 Å². The number of cyclic esters (lactones) is 1. The van der Waals surface area contributed by atoms with Crippen LogP contribution in [0.5, 0.6) is 0 Å². The number of nitrogens with zero attached hydrogens (tertiary/aromatic N) is 2. The summed E-state index contributed by atoms with van der Waals surface area (Å²) in [4.78, 5) is 29.9. The Morgan fingerprint density at radius 1 is 0.827 bits per heavy atom. The SMILES string of the molecule is CC(CO)(CO)NCc1cc2c3ccccc3ccc2c2ccccc12.CC[C@@]1(O)C(=O)OCc2c1cc1n(c2=O)Cc2cc3ccccc3nc2-1. The van der Waals surface area contributed by atoms with Gasteiger partial charge in [0.15, 0.2) is 5.60 Å². The van der Waals surface area contributed by atoms with Gasteiger partial charge in [-0.25, -0.2) is 9.78 Å². The van der Waals surface area contributed by atoms with Gasteiger partial charge in [0.25, 0.3) is 5.56 Å². The lowest BCUT2D eigenvalue weighted by Crippen LogP contribution is -2.48. The van der Waals surface area contributed by atoms with Crippen molar-refractivity contribution >= 4 is 49.2 Å². The average molecular weight is 694 g/mol. The van der Waals surface area contributed by atoms with Crippen LogP contribution in [0.25, 0.3) is 54.6 Å². The molecule has 5 aromatic carbocycles. The van der Waals surface area contributed by atoms with Crippen molar-refractivity contribution in [1.29, 1.82) is 0 Å². The van der Waals surface area contributed by atoms with Crippen LogP contribution in [0.2, 0.25) is 0 Å². The molecule has 262 valence electrons. The molecule has 7 aromatic rings. The van der Waals surface area contributed by atoms with Gasteiger partial charge in [0.05, 0.1) is 47.8 Å². The Labute approximate surface area is 299 Å². The standard InChI is InChI=1S/C23H23NO2.C20H16N2O4/c1-23(14-25,15-26)24-13-17-12-22-18-7-3-2-6-16(18)10-11-21(22)20-9-5-4-8-19(17)20;1-2-20(25)14-8-16-17-12(7-11-5-3-4-6-15(11)21-17)9-22(16)18(23)13(14)10-26-19(20)24/h2-12,24-26H,13-15H2,1H3;3-8,25H,2,9-10H2,1H3/t;20-/m.0/s1. The summed E-state index contributed by atoms with van der Waals surface area (Å²) in [6.45, 7) is 4.19. The highest BCUT2D eigenvalue weighted by atomic mass is 16.6. The van der Waals surface area contributed by atoms with E-state index in [0.717, 1.165) is 27.7 Å². The van der Waals surface area contributed by atoms with Crippen LogP contribution >= 0.6 is 0 Å². The summed E-state index contributed by atoms with van der Waals surface area (Å²) in [5, 5.41) is 41.7. The predicted octanol–water partition coefficient (Wildman–Crippen LogP) is 6.06. The molecule has 2 aliphatic rings. The zero-order valence-corrected chi connectivity index (χ0v) is 29.0. The highest BCUT2D eigenvalue weighted by Gasteiger charge is 2.45. The predicted molar refractivity (Wildman–Crippen MR) is 203 cm³/mol. The van der Waals surface area contributed by atoms with Crippen LogP contribution in [-0.2, 0) is 34.8 Å². The third-order valence-electron chi connectivity index (χ3n) is 10.7. The Kier molecular flexibility index (Phi) is 8.39. The molecule has 9 rings (SSSR count). The number of esters is 1. The zero-order valence-electron chi connectivity index (χ0n) is 29.0. The first kappa shape index (κ1) is 33.7. The van der Waals surface area contributed by atoms with Gasteiger partial charge in [0, 0.05) is 23.1 Å². The summed E-state index contributed by atoms with van der Waals surface area (Å²) in [5.74, 6) is -0.707. The fraction of sp³-hybridized carbons (Fsp3) is 0.233. The summed E-state index contributed by atoms with van der Waals surface area (Å²) in [6, 6.07) is 35.0. The molecule has 1 atom stereocenters. The Balaban J connectivity index is 0.000000149. The lowest BCUT2D eigenvalue weighted by atomic mass is 9.86. The van der Waals surface area contributed by atoms with Crippen LogP contribution in [-0.4, -0.2) is 49.6 Å². The summed E-state index contributed by atoms with van der Waals surface area (Å²) in [5.41, 5.74) is 2.28. The molecule has 0 radical (unpaired) electrons. The van der Waals surface area contributed by atoms with Crippen molar-refractivity contribution in [2.45, 2.75) is 51.1 Å². The lowest BCUT2D eigenvalue weighted by Gasteiger charge is -2.31. The minimum atomic E-state index is -1.79. The number of aliphatic hydroxyl groups excluding tert-OH is 2. The van der Waals surface area contributed by atoms with Crippen LogP contribution in [0.1, 0.15) is 42.5 Å². The van der Waals surface area contributed by atoms with E-state index in [-0.39, 0.29) is 31.8 Å². The van der Waals surface area contributed by atoms with Gasteiger partial charge in [-0.2, -0.15) is 0 Å². The Hall–Kier alpha value is -5.45. The Bertz CT molecular complexity index is 2610. The number of benzene rings is 5. The quantitative estimate of drug-likeness (QED) is 0.122. The molecule has 2 aromatic heterocycles. The number of pyridine rings is 2. The fourth-order valence-corrected chi connectivity index (χ4v) is 7.48. The first-order valence-corrected chi connectivity index (χ1v) is 17.5. The number of carbonyl (C=O) groups is 1. The van der Waals surface area contributed by atoms with E-state index in [9.17, 15) is 24.9 Å². The van der Waals surface area contributed by atoms with Crippen LogP contribution in [0.15, 0.2) is 108 Å². The molecular weight excluding hydrogens is 654 g/mol. The highest BCUT2D eigenvalue weighted by molar-refractivity contribution is 6.18. The lowest BCUT2D eigenvalue weighted by molar-refractivity contribution is -0.172. The van der Waals surface area contributed by atoms with Crippen molar-refractivity contribution in [3.05, 3.63) is 136 Å². The van der Waals surface area contributed by atoms with Gasteiger partial charge in [-0.15, -0.1) is 0 Å². The van der Waals surface area contributed by atoms with Gasteiger partial charge >= 0.3 is 5.97 Å². The van der Waals surface area contributed by atoms with E-state index in [1.807, 2.05) is 37.3 Å².